The molecule has 0 saturated carbocycles. The van der Waals surface area contributed by atoms with E-state index in [1.807, 2.05) is 71.6 Å². The van der Waals surface area contributed by atoms with E-state index < -0.39 is 18.0 Å². The number of carbonyl (C=O) groups is 2. The van der Waals surface area contributed by atoms with Gasteiger partial charge in [0.15, 0.2) is 0 Å². The van der Waals surface area contributed by atoms with Gasteiger partial charge in [-0.2, -0.15) is 0 Å². The summed E-state index contributed by atoms with van der Waals surface area (Å²) >= 11 is 0. The second kappa shape index (κ2) is 7.35. The number of hydrogen-bond acceptors (Lipinski definition) is 3. The van der Waals surface area contributed by atoms with E-state index in [0.29, 0.717) is 13.0 Å². The third-order valence-electron chi connectivity index (χ3n) is 5.51. The van der Waals surface area contributed by atoms with Crippen LogP contribution in [0.25, 0.3) is 10.8 Å². The van der Waals surface area contributed by atoms with Gasteiger partial charge in [0.05, 0.1) is 0 Å². The summed E-state index contributed by atoms with van der Waals surface area (Å²) in [6.45, 7) is 0.457. The SMILES string of the molecule is O=C(O)CCC1c2ccccc2N(Cc2cccc3ccccc23)C1C(=O)O. The topological polar surface area (TPSA) is 77.8 Å². The van der Waals surface area contributed by atoms with E-state index in [-0.39, 0.29) is 12.3 Å². The van der Waals surface area contributed by atoms with Crippen LogP contribution in [0, 0.1) is 0 Å². The maximum Gasteiger partial charge on any atom is 0.326 e. The van der Waals surface area contributed by atoms with Crippen LogP contribution in [-0.4, -0.2) is 28.2 Å². The van der Waals surface area contributed by atoms with Crippen LogP contribution in [0.3, 0.4) is 0 Å². The van der Waals surface area contributed by atoms with Gasteiger partial charge in [-0.3, -0.25) is 4.79 Å². The number of aliphatic carboxylic acids is 2. The fraction of sp³-hybridized carbons (Fsp3) is 0.217. The molecule has 5 heteroatoms. The normalized spacial score (nSPS) is 18.2. The molecule has 3 aromatic rings. The Labute approximate surface area is 162 Å². The number of benzene rings is 3. The second-order valence-electron chi connectivity index (χ2n) is 7.15. The van der Waals surface area contributed by atoms with Crippen molar-refractivity contribution in [2.45, 2.75) is 31.3 Å². The molecule has 2 atom stereocenters. The number of fused-ring (bicyclic) bond motifs is 2. The summed E-state index contributed by atoms with van der Waals surface area (Å²) in [6, 6.07) is 20.9. The standard InChI is InChI=1S/C23H21NO4/c25-21(26)13-12-19-18-10-3-4-11-20(18)24(22(19)23(27)28)14-16-8-5-7-15-6-1-2-9-17(15)16/h1-11,19,22H,12-14H2,(H,25,26)(H,27,28). The van der Waals surface area contributed by atoms with Crippen LogP contribution in [0.1, 0.15) is 29.9 Å². The molecule has 4 rings (SSSR count). The summed E-state index contributed by atoms with van der Waals surface area (Å²) in [5.74, 6) is -2.18. The molecule has 2 N–H and O–H groups in total. The summed E-state index contributed by atoms with van der Waals surface area (Å²) < 4.78 is 0. The largest absolute Gasteiger partial charge is 0.481 e. The molecule has 28 heavy (non-hydrogen) atoms. The van der Waals surface area contributed by atoms with E-state index in [4.69, 9.17) is 5.11 Å². The molecule has 1 heterocycles. The molecule has 0 aromatic heterocycles. The first-order chi connectivity index (χ1) is 13.6. The number of para-hydroxylation sites is 1. The average Bonchev–Trinajstić information content (AvgIpc) is 3.00. The molecule has 2 unspecified atom stereocenters. The van der Waals surface area contributed by atoms with Crippen molar-refractivity contribution in [2.75, 3.05) is 4.90 Å². The van der Waals surface area contributed by atoms with Crippen LogP contribution in [-0.2, 0) is 16.1 Å². The fourth-order valence-corrected chi connectivity index (χ4v) is 4.29. The molecule has 0 fully saturated rings. The van der Waals surface area contributed by atoms with Crippen LogP contribution < -0.4 is 4.90 Å². The molecule has 0 radical (unpaired) electrons. The molecule has 1 aliphatic rings. The summed E-state index contributed by atoms with van der Waals surface area (Å²) in [4.78, 5) is 25.2. The highest BCUT2D eigenvalue weighted by Gasteiger charge is 2.42. The van der Waals surface area contributed by atoms with Crippen molar-refractivity contribution in [1.29, 1.82) is 0 Å². The Morgan fingerprint density at radius 1 is 0.893 bits per heavy atom. The smallest absolute Gasteiger partial charge is 0.326 e. The Morgan fingerprint density at radius 2 is 1.61 bits per heavy atom. The zero-order chi connectivity index (χ0) is 19.7. The van der Waals surface area contributed by atoms with Crippen molar-refractivity contribution in [1.82, 2.24) is 0 Å². The van der Waals surface area contributed by atoms with Crippen molar-refractivity contribution in [3.8, 4) is 0 Å². The maximum atomic E-state index is 12.2. The molecular weight excluding hydrogens is 354 g/mol. The maximum absolute atomic E-state index is 12.2. The Kier molecular flexibility index (Phi) is 4.74. The van der Waals surface area contributed by atoms with Gasteiger partial charge < -0.3 is 15.1 Å². The van der Waals surface area contributed by atoms with Crippen LogP contribution in [0.2, 0.25) is 0 Å². The summed E-state index contributed by atoms with van der Waals surface area (Å²) in [7, 11) is 0. The first-order valence-corrected chi connectivity index (χ1v) is 9.33. The zero-order valence-corrected chi connectivity index (χ0v) is 15.3. The van der Waals surface area contributed by atoms with E-state index in [2.05, 4.69) is 0 Å². The van der Waals surface area contributed by atoms with Gasteiger partial charge in [0, 0.05) is 24.6 Å². The molecule has 0 aliphatic carbocycles. The molecule has 5 nitrogen and oxygen atoms in total. The van der Waals surface area contributed by atoms with Gasteiger partial charge in [-0.05, 0) is 34.4 Å². The minimum atomic E-state index is -0.924. The molecule has 1 aliphatic heterocycles. The Bertz CT molecular complexity index is 1040. The molecule has 142 valence electrons. The molecule has 0 spiro atoms. The van der Waals surface area contributed by atoms with Crippen LogP contribution in [0.15, 0.2) is 66.7 Å². The van der Waals surface area contributed by atoms with Crippen molar-refractivity contribution in [3.05, 3.63) is 77.9 Å². The lowest BCUT2D eigenvalue weighted by Gasteiger charge is -2.28. The van der Waals surface area contributed by atoms with Gasteiger partial charge in [0.2, 0.25) is 0 Å². The van der Waals surface area contributed by atoms with Crippen molar-refractivity contribution < 1.29 is 19.8 Å². The Balaban J connectivity index is 1.76. The third-order valence-corrected chi connectivity index (χ3v) is 5.51. The van der Waals surface area contributed by atoms with Crippen molar-refractivity contribution in [2.24, 2.45) is 0 Å². The molecule has 0 amide bonds. The van der Waals surface area contributed by atoms with E-state index in [1.54, 1.807) is 0 Å². The monoisotopic (exact) mass is 375 g/mol. The van der Waals surface area contributed by atoms with Crippen molar-refractivity contribution >= 4 is 28.4 Å². The highest BCUT2D eigenvalue weighted by Crippen LogP contribution is 2.44. The number of hydrogen-bond donors (Lipinski definition) is 2. The van der Waals surface area contributed by atoms with Gasteiger partial charge in [-0.1, -0.05) is 60.7 Å². The third kappa shape index (κ3) is 3.20. The lowest BCUT2D eigenvalue weighted by molar-refractivity contribution is -0.140. The lowest BCUT2D eigenvalue weighted by Crippen LogP contribution is -2.40. The number of rotatable bonds is 6. The van der Waals surface area contributed by atoms with Gasteiger partial charge in [-0.15, -0.1) is 0 Å². The van der Waals surface area contributed by atoms with Crippen LogP contribution in [0.4, 0.5) is 5.69 Å². The number of carboxylic acids is 2. The first-order valence-electron chi connectivity index (χ1n) is 9.33. The zero-order valence-electron chi connectivity index (χ0n) is 15.3. The predicted octanol–water partition coefficient (Wildman–Crippen LogP) is 4.26. The van der Waals surface area contributed by atoms with E-state index in [0.717, 1.165) is 27.6 Å². The molecule has 3 aromatic carbocycles. The van der Waals surface area contributed by atoms with Gasteiger partial charge >= 0.3 is 11.9 Å². The van der Waals surface area contributed by atoms with Gasteiger partial charge in [-0.25, -0.2) is 4.79 Å². The highest BCUT2D eigenvalue weighted by molar-refractivity contribution is 5.88. The fourth-order valence-electron chi connectivity index (χ4n) is 4.29. The highest BCUT2D eigenvalue weighted by atomic mass is 16.4. The van der Waals surface area contributed by atoms with Crippen LogP contribution >= 0.6 is 0 Å². The quantitative estimate of drug-likeness (QED) is 0.673. The summed E-state index contributed by atoms with van der Waals surface area (Å²) in [6.07, 6.45) is 0.250. The number of nitrogens with zero attached hydrogens (tertiary/aromatic N) is 1. The van der Waals surface area contributed by atoms with E-state index in [9.17, 15) is 14.7 Å². The minimum Gasteiger partial charge on any atom is -0.481 e. The second-order valence-corrected chi connectivity index (χ2v) is 7.15. The minimum absolute atomic E-state index is 0.0507. The predicted molar refractivity (Wildman–Crippen MR) is 108 cm³/mol. The molecular formula is C23H21NO4. The first kappa shape index (κ1) is 18.0. The number of carboxylic acid groups (broad SMARTS) is 2. The average molecular weight is 375 g/mol. The van der Waals surface area contributed by atoms with E-state index >= 15 is 0 Å². The number of anilines is 1. The van der Waals surface area contributed by atoms with E-state index in [1.165, 1.54) is 0 Å². The summed E-state index contributed by atoms with van der Waals surface area (Å²) in [5, 5.41) is 21.3. The molecule has 0 saturated heterocycles. The summed E-state index contributed by atoms with van der Waals surface area (Å²) in [5.41, 5.74) is 2.84. The Hall–Kier alpha value is -3.34. The van der Waals surface area contributed by atoms with Gasteiger partial charge in [0.1, 0.15) is 6.04 Å². The Morgan fingerprint density at radius 3 is 2.39 bits per heavy atom. The van der Waals surface area contributed by atoms with Crippen LogP contribution in [0.5, 0.6) is 0 Å². The van der Waals surface area contributed by atoms with Gasteiger partial charge in [0.25, 0.3) is 0 Å². The molecule has 0 bridgehead atoms. The van der Waals surface area contributed by atoms with Crippen molar-refractivity contribution in [3.63, 3.8) is 0 Å². The lowest BCUT2D eigenvalue weighted by atomic mass is 9.90.